The number of aromatic nitrogens is 1. The van der Waals surface area contributed by atoms with Crippen molar-refractivity contribution < 1.29 is 13.2 Å². The summed E-state index contributed by atoms with van der Waals surface area (Å²) in [5, 5.41) is 3.19. The molecule has 0 aliphatic heterocycles. The normalized spacial score (nSPS) is 11.6. The molecule has 0 saturated heterocycles. The van der Waals surface area contributed by atoms with E-state index in [0.717, 1.165) is 9.83 Å². The summed E-state index contributed by atoms with van der Waals surface area (Å²) in [6.45, 7) is 0. The van der Waals surface area contributed by atoms with Crippen molar-refractivity contribution in [2.75, 3.05) is 11.6 Å². The molecule has 5 nitrogen and oxygen atoms in total. The summed E-state index contributed by atoms with van der Waals surface area (Å²) < 4.78 is 24.9. The van der Waals surface area contributed by atoms with Crippen LogP contribution in [0.2, 0.25) is 0 Å². The minimum atomic E-state index is -3.27. The Labute approximate surface area is 150 Å². The second-order valence-corrected chi connectivity index (χ2v) is 9.18. The van der Waals surface area contributed by atoms with Gasteiger partial charge in [-0.05, 0) is 59.0 Å². The summed E-state index contributed by atoms with van der Waals surface area (Å²) in [6.07, 6.45) is 1.16. The van der Waals surface area contributed by atoms with E-state index >= 15 is 0 Å². The highest BCUT2D eigenvalue weighted by Gasteiger charge is 2.13. The van der Waals surface area contributed by atoms with Gasteiger partial charge in [-0.25, -0.2) is 13.4 Å². The summed E-state index contributed by atoms with van der Waals surface area (Å²) in [7, 11) is -3.27. The summed E-state index contributed by atoms with van der Waals surface area (Å²) in [5.74, 6) is -0.245. The number of carbonyl (C=O) groups excluding carboxylic acids is 1. The smallest absolute Gasteiger partial charge is 0.257 e. The van der Waals surface area contributed by atoms with Crippen LogP contribution in [0.5, 0.6) is 0 Å². The summed E-state index contributed by atoms with van der Waals surface area (Å²) >= 11 is 3.39. The number of amides is 1. The first kappa shape index (κ1) is 16.3. The molecule has 1 aromatic heterocycles. The molecule has 0 radical (unpaired) electrons. The zero-order valence-electron chi connectivity index (χ0n) is 11.9. The number of benzene rings is 2. The zero-order valence-corrected chi connectivity index (χ0v) is 15.7. The molecule has 23 heavy (non-hydrogen) atoms. The van der Waals surface area contributed by atoms with Gasteiger partial charge in [0.15, 0.2) is 15.0 Å². The first-order valence-electron chi connectivity index (χ1n) is 6.50. The number of sulfone groups is 1. The lowest BCUT2D eigenvalue weighted by Crippen LogP contribution is -2.11. The molecule has 8 heteroatoms. The van der Waals surface area contributed by atoms with Crippen LogP contribution >= 0.6 is 33.9 Å². The molecular weight excluding hydrogens is 447 g/mol. The fourth-order valence-electron chi connectivity index (χ4n) is 1.99. The number of nitrogens with one attached hydrogen (secondary N) is 1. The van der Waals surface area contributed by atoms with Gasteiger partial charge < -0.3 is 0 Å². The largest absolute Gasteiger partial charge is 0.298 e. The molecule has 0 atom stereocenters. The van der Waals surface area contributed by atoms with Gasteiger partial charge in [0.25, 0.3) is 5.91 Å². The third-order valence-electron chi connectivity index (χ3n) is 3.10. The number of fused-ring (bicyclic) bond motifs is 1. The van der Waals surface area contributed by atoms with Crippen LogP contribution in [0.25, 0.3) is 10.2 Å². The molecule has 118 valence electrons. The Balaban J connectivity index is 1.90. The zero-order chi connectivity index (χ0) is 16.6. The quantitative estimate of drug-likeness (QED) is 0.610. The Bertz CT molecular complexity index is 1010. The van der Waals surface area contributed by atoms with Crippen molar-refractivity contribution in [1.82, 2.24) is 4.98 Å². The Morgan fingerprint density at radius 2 is 2.00 bits per heavy atom. The van der Waals surface area contributed by atoms with Gasteiger partial charge in [-0.1, -0.05) is 17.4 Å². The van der Waals surface area contributed by atoms with E-state index in [2.05, 4.69) is 32.9 Å². The highest BCUT2D eigenvalue weighted by Crippen LogP contribution is 2.28. The van der Waals surface area contributed by atoms with E-state index in [4.69, 9.17) is 0 Å². The maximum atomic E-state index is 12.2. The van der Waals surface area contributed by atoms with Gasteiger partial charge in [-0.2, -0.15) is 0 Å². The van der Waals surface area contributed by atoms with Gasteiger partial charge in [-0.3, -0.25) is 10.1 Å². The fourth-order valence-corrected chi connectivity index (χ4v) is 4.15. The Hall–Kier alpha value is -1.52. The Morgan fingerprint density at radius 1 is 1.22 bits per heavy atom. The molecule has 1 amide bonds. The number of hydrogen-bond donors (Lipinski definition) is 1. The highest BCUT2D eigenvalue weighted by molar-refractivity contribution is 14.1. The van der Waals surface area contributed by atoms with Gasteiger partial charge in [0.05, 0.1) is 15.1 Å². The summed E-state index contributed by atoms with van der Waals surface area (Å²) in [6, 6.07) is 12.0. The number of carbonyl (C=O) groups is 1. The fraction of sp³-hybridized carbons (Fsp3) is 0.0667. The average Bonchev–Trinajstić information content (AvgIpc) is 2.87. The predicted octanol–water partition coefficient (Wildman–Crippen LogP) is 3.56. The van der Waals surface area contributed by atoms with E-state index in [0.29, 0.717) is 20.9 Å². The van der Waals surface area contributed by atoms with Crippen LogP contribution in [0.15, 0.2) is 47.4 Å². The minimum absolute atomic E-state index is 0.240. The first-order chi connectivity index (χ1) is 10.8. The van der Waals surface area contributed by atoms with Crippen molar-refractivity contribution in [3.8, 4) is 0 Å². The second kappa shape index (κ2) is 6.17. The van der Waals surface area contributed by atoms with E-state index < -0.39 is 9.84 Å². The van der Waals surface area contributed by atoms with Crippen molar-refractivity contribution in [2.45, 2.75) is 4.90 Å². The minimum Gasteiger partial charge on any atom is -0.298 e. The van der Waals surface area contributed by atoms with Gasteiger partial charge in [-0.15, -0.1) is 0 Å². The Morgan fingerprint density at radius 3 is 2.70 bits per heavy atom. The molecule has 0 spiro atoms. The SMILES string of the molecule is CS(=O)(=O)c1ccc2nc(NC(=O)c3cccc(I)c3)sc2c1. The van der Waals surface area contributed by atoms with Crippen LogP contribution in [-0.4, -0.2) is 25.6 Å². The maximum absolute atomic E-state index is 12.2. The number of halogens is 1. The molecule has 0 aliphatic rings. The van der Waals surface area contributed by atoms with E-state index in [-0.39, 0.29) is 10.8 Å². The molecule has 0 bridgehead atoms. The number of hydrogen-bond acceptors (Lipinski definition) is 5. The first-order valence-corrected chi connectivity index (χ1v) is 10.3. The van der Waals surface area contributed by atoms with Crippen LogP contribution < -0.4 is 5.32 Å². The standard InChI is InChI=1S/C15H11IN2O3S2/c1-23(20,21)11-5-6-12-13(8-11)22-15(17-12)18-14(19)9-3-2-4-10(16)7-9/h2-8H,1H3,(H,17,18,19). The van der Waals surface area contributed by atoms with Crippen LogP contribution in [0, 0.1) is 3.57 Å². The second-order valence-electron chi connectivity index (χ2n) is 4.89. The van der Waals surface area contributed by atoms with Crippen LogP contribution in [0.1, 0.15) is 10.4 Å². The lowest BCUT2D eigenvalue weighted by atomic mass is 10.2. The third kappa shape index (κ3) is 3.70. The van der Waals surface area contributed by atoms with Crippen molar-refractivity contribution >= 4 is 65.0 Å². The van der Waals surface area contributed by atoms with E-state index in [1.54, 1.807) is 24.3 Å². The van der Waals surface area contributed by atoms with Gasteiger partial charge in [0.2, 0.25) is 0 Å². The van der Waals surface area contributed by atoms with Crippen LogP contribution in [0.4, 0.5) is 5.13 Å². The van der Waals surface area contributed by atoms with Gasteiger partial charge in [0, 0.05) is 15.4 Å². The van der Waals surface area contributed by atoms with E-state index in [9.17, 15) is 13.2 Å². The predicted molar refractivity (Wildman–Crippen MR) is 99.8 cm³/mol. The monoisotopic (exact) mass is 458 g/mol. The number of nitrogens with zero attached hydrogens (tertiary/aromatic N) is 1. The van der Waals surface area contributed by atoms with Crippen molar-refractivity contribution in [3.05, 3.63) is 51.6 Å². The molecule has 0 aliphatic carbocycles. The molecule has 3 aromatic rings. The maximum Gasteiger partial charge on any atom is 0.257 e. The molecule has 1 heterocycles. The number of anilines is 1. The Kier molecular flexibility index (Phi) is 4.39. The average molecular weight is 458 g/mol. The van der Waals surface area contributed by atoms with Crippen molar-refractivity contribution in [1.29, 1.82) is 0 Å². The highest BCUT2D eigenvalue weighted by atomic mass is 127. The van der Waals surface area contributed by atoms with Gasteiger partial charge in [0.1, 0.15) is 0 Å². The van der Waals surface area contributed by atoms with E-state index in [1.807, 2.05) is 12.1 Å². The summed E-state index contributed by atoms with van der Waals surface area (Å²) in [5.41, 5.74) is 1.20. The van der Waals surface area contributed by atoms with Gasteiger partial charge >= 0.3 is 0 Å². The van der Waals surface area contributed by atoms with Crippen molar-refractivity contribution in [2.24, 2.45) is 0 Å². The molecule has 2 aromatic carbocycles. The summed E-state index contributed by atoms with van der Waals surface area (Å²) in [4.78, 5) is 16.8. The molecule has 1 N–H and O–H groups in total. The lowest BCUT2D eigenvalue weighted by molar-refractivity contribution is 0.102. The topological polar surface area (TPSA) is 76.1 Å². The number of rotatable bonds is 3. The molecule has 0 fully saturated rings. The third-order valence-corrected chi connectivity index (χ3v) is 5.81. The van der Waals surface area contributed by atoms with Crippen LogP contribution in [0.3, 0.4) is 0 Å². The lowest BCUT2D eigenvalue weighted by Gasteiger charge is -2.01. The number of thiazole rings is 1. The molecular formula is C15H11IN2O3S2. The molecule has 3 rings (SSSR count). The molecule has 0 saturated carbocycles. The van der Waals surface area contributed by atoms with E-state index in [1.165, 1.54) is 17.4 Å². The van der Waals surface area contributed by atoms with Crippen LogP contribution in [-0.2, 0) is 9.84 Å². The molecule has 0 unspecified atom stereocenters. The van der Waals surface area contributed by atoms with Crippen molar-refractivity contribution in [3.63, 3.8) is 0 Å².